The first kappa shape index (κ1) is 19.6. The van der Waals surface area contributed by atoms with Gasteiger partial charge in [-0.05, 0) is 27.7 Å². The molecule has 0 radical (unpaired) electrons. The van der Waals surface area contributed by atoms with Crippen LogP contribution in [0.1, 0.15) is 34.1 Å². The molecular formula is C15H26FNO6. The van der Waals surface area contributed by atoms with Crippen LogP contribution in [0.3, 0.4) is 0 Å². The van der Waals surface area contributed by atoms with E-state index < -0.39 is 29.4 Å². The van der Waals surface area contributed by atoms with Crippen LogP contribution in [0.4, 0.5) is 9.18 Å². The highest BCUT2D eigenvalue weighted by Gasteiger charge is 2.51. The first-order valence-corrected chi connectivity index (χ1v) is 7.65. The fourth-order valence-corrected chi connectivity index (χ4v) is 2.32. The molecule has 8 heteroatoms. The monoisotopic (exact) mass is 335 g/mol. The van der Waals surface area contributed by atoms with E-state index in [4.69, 9.17) is 19.3 Å². The number of halogens is 1. The van der Waals surface area contributed by atoms with Crippen LogP contribution in [0.25, 0.3) is 0 Å². The van der Waals surface area contributed by atoms with Gasteiger partial charge in [-0.2, -0.15) is 0 Å². The number of amides is 1. The van der Waals surface area contributed by atoms with Gasteiger partial charge in [-0.25, -0.2) is 14.0 Å². The number of esters is 1. The summed E-state index contributed by atoms with van der Waals surface area (Å²) in [6.45, 7) is 5.96. The van der Waals surface area contributed by atoms with Crippen molar-refractivity contribution < 1.29 is 33.3 Å². The lowest BCUT2D eigenvalue weighted by Gasteiger charge is -2.27. The van der Waals surface area contributed by atoms with Crippen molar-refractivity contribution >= 4 is 12.1 Å². The minimum atomic E-state index is -1.89. The van der Waals surface area contributed by atoms with Crippen molar-refractivity contribution in [1.82, 2.24) is 4.90 Å². The lowest BCUT2D eigenvalue weighted by Crippen LogP contribution is -2.44. The number of carbonyl (C=O) groups excluding carboxylic acids is 2. The van der Waals surface area contributed by atoms with Crippen molar-refractivity contribution in [2.75, 3.05) is 33.0 Å². The molecule has 2 atom stereocenters. The van der Waals surface area contributed by atoms with Crippen LogP contribution in [-0.2, 0) is 19.0 Å². The van der Waals surface area contributed by atoms with Gasteiger partial charge in [-0.1, -0.05) is 0 Å². The molecule has 0 saturated carbocycles. The molecule has 0 unspecified atom stereocenters. The molecular weight excluding hydrogens is 309 g/mol. The van der Waals surface area contributed by atoms with Gasteiger partial charge in [-0.3, -0.25) is 4.90 Å². The molecule has 1 fully saturated rings. The zero-order valence-electron chi connectivity index (χ0n) is 14.1. The molecule has 1 aliphatic heterocycles. The summed E-state index contributed by atoms with van der Waals surface area (Å²) in [5, 5.41) is 8.70. The molecule has 23 heavy (non-hydrogen) atoms. The Labute approximate surface area is 135 Å². The summed E-state index contributed by atoms with van der Waals surface area (Å²) in [6, 6.07) is -1.05. The van der Waals surface area contributed by atoms with E-state index in [0.717, 1.165) is 4.90 Å². The molecule has 134 valence electrons. The van der Waals surface area contributed by atoms with E-state index in [1.807, 2.05) is 0 Å². The number of aliphatic hydroxyl groups is 1. The minimum Gasteiger partial charge on any atom is -0.464 e. The third-order valence-electron chi connectivity index (χ3n) is 3.17. The highest BCUT2D eigenvalue weighted by Crippen LogP contribution is 2.33. The summed E-state index contributed by atoms with van der Waals surface area (Å²) >= 11 is 0. The van der Waals surface area contributed by atoms with Gasteiger partial charge in [0.2, 0.25) is 0 Å². The summed E-state index contributed by atoms with van der Waals surface area (Å²) < 4.78 is 30.0. The molecule has 1 saturated heterocycles. The zero-order chi connectivity index (χ0) is 17.7. The Morgan fingerprint density at radius 1 is 1.39 bits per heavy atom. The molecule has 7 nitrogen and oxygen atoms in total. The van der Waals surface area contributed by atoms with Crippen LogP contribution in [-0.4, -0.2) is 72.4 Å². The molecule has 1 heterocycles. The highest BCUT2D eigenvalue weighted by molar-refractivity contribution is 5.82. The summed E-state index contributed by atoms with van der Waals surface area (Å²) in [6.07, 6.45) is -0.992. The summed E-state index contributed by atoms with van der Waals surface area (Å²) in [5.41, 5.74) is -2.64. The fourth-order valence-electron chi connectivity index (χ4n) is 2.32. The number of ether oxygens (including phenoxy) is 3. The average molecular weight is 335 g/mol. The maximum absolute atomic E-state index is 14.9. The van der Waals surface area contributed by atoms with Crippen molar-refractivity contribution in [1.29, 1.82) is 0 Å². The van der Waals surface area contributed by atoms with Crippen LogP contribution < -0.4 is 0 Å². The summed E-state index contributed by atoms with van der Waals surface area (Å²) in [5.74, 6) is -0.667. The molecule has 0 aromatic rings. The Hall–Kier alpha value is -1.41. The van der Waals surface area contributed by atoms with E-state index in [1.54, 1.807) is 27.7 Å². The van der Waals surface area contributed by atoms with Gasteiger partial charge in [0.25, 0.3) is 0 Å². The Morgan fingerprint density at radius 2 is 2.04 bits per heavy atom. The minimum absolute atomic E-state index is 0.0117. The molecule has 0 aliphatic carbocycles. The number of nitrogens with zero attached hydrogens (tertiary/aromatic N) is 1. The maximum atomic E-state index is 14.9. The standard InChI is InChI=1S/C15H26FNO6/c1-5-22-12(19)11-8-15(16,10-21-7-6-18)9-17(11)13(20)23-14(2,3)4/h11,18H,5-10H2,1-4H3/t11-,15+/m0/s1. The number of hydrogen-bond acceptors (Lipinski definition) is 6. The van der Waals surface area contributed by atoms with Crippen molar-refractivity contribution in [2.24, 2.45) is 0 Å². The van der Waals surface area contributed by atoms with Crippen LogP contribution >= 0.6 is 0 Å². The smallest absolute Gasteiger partial charge is 0.411 e. The van der Waals surface area contributed by atoms with E-state index in [0.29, 0.717) is 0 Å². The van der Waals surface area contributed by atoms with Crippen LogP contribution in [0, 0.1) is 0 Å². The second-order valence-electron chi connectivity index (χ2n) is 6.51. The van der Waals surface area contributed by atoms with Crippen LogP contribution in [0.2, 0.25) is 0 Å². The van der Waals surface area contributed by atoms with Crippen molar-refractivity contribution in [3.05, 3.63) is 0 Å². The van der Waals surface area contributed by atoms with Gasteiger partial charge in [0.15, 0.2) is 5.67 Å². The SMILES string of the molecule is CCOC(=O)[C@@H]1C[C@](F)(COCCO)CN1C(=O)OC(C)(C)C. The first-order chi connectivity index (χ1) is 10.6. The predicted octanol–water partition coefficient (Wildman–Crippen LogP) is 1.28. The van der Waals surface area contributed by atoms with Gasteiger partial charge in [-0.15, -0.1) is 0 Å². The molecule has 0 aromatic heterocycles. The molecule has 0 aromatic carbocycles. The second-order valence-corrected chi connectivity index (χ2v) is 6.51. The van der Waals surface area contributed by atoms with Gasteiger partial charge in [0, 0.05) is 6.42 Å². The molecule has 1 N–H and O–H groups in total. The second kappa shape index (κ2) is 7.92. The lowest BCUT2D eigenvalue weighted by molar-refractivity contribution is -0.148. The van der Waals surface area contributed by atoms with Crippen molar-refractivity contribution in [2.45, 2.75) is 51.4 Å². The number of rotatable bonds is 6. The quantitative estimate of drug-likeness (QED) is 0.581. The Kier molecular flexibility index (Phi) is 6.76. The first-order valence-electron chi connectivity index (χ1n) is 7.65. The van der Waals surface area contributed by atoms with Gasteiger partial charge in [0.05, 0.1) is 33.0 Å². The fraction of sp³-hybridized carbons (Fsp3) is 0.867. The van der Waals surface area contributed by atoms with Crippen molar-refractivity contribution in [3.8, 4) is 0 Å². The number of aliphatic hydroxyl groups excluding tert-OH is 1. The van der Waals surface area contributed by atoms with Gasteiger partial charge >= 0.3 is 12.1 Å². The van der Waals surface area contributed by atoms with Crippen molar-refractivity contribution in [3.63, 3.8) is 0 Å². The topological polar surface area (TPSA) is 85.3 Å². The molecule has 0 spiro atoms. The van der Waals surface area contributed by atoms with Gasteiger partial charge in [0.1, 0.15) is 11.6 Å². The number of carbonyl (C=O) groups is 2. The Bertz CT molecular complexity index is 425. The normalized spacial score (nSPS) is 24.6. The number of hydrogen-bond donors (Lipinski definition) is 1. The summed E-state index contributed by atoms with van der Waals surface area (Å²) in [7, 11) is 0. The average Bonchev–Trinajstić information content (AvgIpc) is 2.76. The molecule has 1 aliphatic rings. The van der Waals surface area contributed by atoms with Crippen LogP contribution in [0.15, 0.2) is 0 Å². The van der Waals surface area contributed by atoms with E-state index in [1.165, 1.54) is 0 Å². The summed E-state index contributed by atoms with van der Waals surface area (Å²) in [4.78, 5) is 25.3. The number of alkyl halides is 1. The molecule has 0 bridgehead atoms. The van der Waals surface area contributed by atoms with E-state index in [-0.39, 0.29) is 39.4 Å². The third kappa shape index (κ3) is 5.95. The zero-order valence-corrected chi connectivity index (χ0v) is 14.1. The maximum Gasteiger partial charge on any atom is 0.411 e. The predicted molar refractivity (Wildman–Crippen MR) is 79.7 cm³/mol. The van der Waals surface area contributed by atoms with Gasteiger partial charge < -0.3 is 19.3 Å². The lowest BCUT2D eigenvalue weighted by atomic mass is 10.0. The highest BCUT2D eigenvalue weighted by atomic mass is 19.1. The number of likely N-dealkylation sites (tertiary alicyclic amines) is 1. The van der Waals surface area contributed by atoms with E-state index in [9.17, 15) is 14.0 Å². The Morgan fingerprint density at radius 3 is 2.57 bits per heavy atom. The third-order valence-corrected chi connectivity index (χ3v) is 3.17. The molecule has 1 amide bonds. The largest absolute Gasteiger partial charge is 0.464 e. The molecule has 1 rings (SSSR count). The van der Waals surface area contributed by atoms with E-state index >= 15 is 0 Å². The van der Waals surface area contributed by atoms with E-state index in [2.05, 4.69) is 0 Å². The Balaban J connectivity index is 2.85. The van der Waals surface area contributed by atoms with Crippen LogP contribution in [0.5, 0.6) is 0 Å².